The Labute approximate surface area is 136 Å². The normalized spacial score (nSPS) is 11.9. The highest BCUT2D eigenvalue weighted by molar-refractivity contribution is 5.83. The molecule has 24 heavy (non-hydrogen) atoms. The largest absolute Gasteiger partial charge is 0.444 e. The Hall–Kier alpha value is -2.64. The summed E-state index contributed by atoms with van der Waals surface area (Å²) in [4.78, 5) is 19.7. The smallest absolute Gasteiger partial charge is 0.416 e. The molecule has 0 bridgehead atoms. The summed E-state index contributed by atoms with van der Waals surface area (Å²) in [7, 11) is 0. The first kappa shape index (κ1) is 17.7. The van der Waals surface area contributed by atoms with Crippen LogP contribution in [-0.4, -0.2) is 21.7 Å². The molecule has 1 N–H and O–H groups in total. The second-order valence-electron chi connectivity index (χ2n) is 5.99. The summed E-state index contributed by atoms with van der Waals surface area (Å²) in [6.45, 7) is 5.18. The van der Waals surface area contributed by atoms with E-state index in [4.69, 9.17) is 4.74 Å². The van der Waals surface area contributed by atoms with Gasteiger partial charge in [0, 0.05) is 5.56 Å². The van der Waals surface area contributed by atoms with E-state index in [-0.39, 0.29) is 5.82 Å². The van der Waals surface area contributed by atoms with E-state index in [1.165, 1.54) is 24.5 Å². The van der Waals surface area contributed by atoms with Crippen molar-refractivity contribution in [3.05, 3.63) is 42.2 Å². The van der Waals surface area contributed by atoms with Crippen LogP contribution in [0, 0.1) is 0 Å². The van der Waals surface area contributed by atoms with Gasteiger partial charge in [-0.25, -0.2) is 9.78 Å². The van der Waals surface area contributed by atoms with Gasteiger partial charge in [-0.3, -0.25) is 10.3 Å². The lowest BCUT2D eigenvalue weighted by atomic mass is 10.1. The maximum atomic E-state index is 12.5. The third kappa shape index (κ3) is 4.94. The van der Waals surface area contributed by atoms with Gasteiger partial charge in [0.25, 0.3) is 0 Å². The quantitative estimate of drug-likeness (QED) is 0.874. The molecule has 0 saturated heterocycles. The molecule has 1 aromatic heterocycles. The molecule has 2 aromatic rings. The van der Waals surface area contributed by atoms with E-state index >= 15 is 0 Å². The molecule has 2 rings (SSSR count). The van der Waals surface area contributed by atoms with Crippen molar-refractivity contribution in [1.82, 2.24) is 9.97 Å². The first-order valence-corrected chi connectivity index (χ1v) is 7.04. The molecule has 128 valence electrons. The maximum absolute atomic E-state index is 12.5. The Morgan fingerprint density at radius 3 is 2.12 bits per heavy atom. The number of aromatic nitrogens is 2. The van der Waals surface area contributed by atoms with Crippen LogP contribution in [0.3, 0.4) is 0 Å². The summed E-state index contributed by atoms with van der Waals surface area (Å²) in [5, 5.41) is 2.42. The molecule has 1 aromatic carbocycles. The van der Waals surface area contributed by atoms with Gasteiger partial charge in [-0.1, -0.05) is 12.1 Å². The number of carbonyl (C=O) groups is 1. The number of benzene rings is 1. The van der Waals surface area contributed by atoms with Crippen molar-refractivity contribution in [2.24, 2.45) is 0 Å². The lowest BCUT2D eigenvalue weighted by Gasteiger charge is -2.19. The standard InChI is InChI=1S/C16H16F3N3O2/c1-15(2,3)24-14(23)22-13-9-20-12(8-21-13)10-4-6-11(7-5-10)16(17,18)19/h4-9H,1-3H3,(H,21,22,23). The zero-order chi connectivity index (χ0) is 18.0. The van der Waals surface area contributed by atoms with Gasteiger partial charge in [0.15, 0.2) is 5.82 Å². The number of amides is 1. The summed E-state index contributed by atoms with van der Waals surface area (Å²) in [5.74, 6) is 0.180. The van der Waals surface area contributed by atoms with Crippen LogP contribution in [0.2, 0.25) is 0 Å². The SMILES string of the molecule is CC(C)(C)OC(=O)Nc1cnc(-c2ccc(C(F)(F)F)cc2)cn1. The number of rotatable bonds is 2. The zero-order valence-corrected chi connectivity index (χ0v) is 13.3. The maximum Gasteiger partial charge on any atom is 0.416 e. The summed E-state index contributed by atoms with van der Waals surface area (Å²) < 4.78 is 42.7. The highest BCUT2D eigenvalue weighted by Gasteiger charge is 2.30. The molecule has 5 nitrogen and oxygen atoms in total. The summed E-state index contributed by atoms with van der Waals surface area (Å²) in [5.41, 5.74) is -0.502. The van der Waals surface area contributed by atoms with Crippen LogP contribution in [0.1, 0.15) is 26.3 Å². The summed E-state index contributed by atoms with van der Waals surface area (Å²) >= 11 is 0. The molecule has 1 amide bonds. The van der Waals surface area contributed by atoms with Crippen LogP contribution >= 0.6 is 0 Å². The topological polar surface area (TPSA) is 64.1 Å². The van der Waals surface area contributed by atoms with Crippen molar-refractivity contribution in [1.29, 1.82) is 0 Å². The molecular weight excluding hydrogens is 323 g/mol. The number of alkyl halides is 3. The fraction of sp³-hybridized carbons (Fsp3) is 0.312. The minimum absolute atomic E-state index is 0.180. The fourth-order valence-electron chi connectivity index (χ4n) is 1.78. The van der Waals surface area contributed by atoms with Crippen molar-refractivity contribution in [2.45, 2.75) is 32.5 Å². The Kier molecular flexibility index (Phi) is 4.77. The van der Waals surface area contributed by atoms with Crippen LogP contribution in [0.4, 0.5) is 23.8 Å². The number of ether oxygens (including phenoxy) is 1. The van der Waals surface area contributed by atoms with Crippen LogP contribution in [0.25, 0.3) is 11.3 Å². The van der Waals surface area contributed by atoms with Crippen molar-refractivity contribution < 1.29 is 22.7 Å². The number of anilines is 1. The number of nitrogens with zero attached hydrogens (tertiary/aromatic N) is 2. The van der Waals surface area contributed by atoms with Crippen LogP contribution in [0.15, 0.2) is 36.7 Å². The Morgan fingerprint density at radius 2 is 1.67 bits per heavy atom. The number of hydrogen-bond acceptors (Lipinski definition) is 4. The van der Waals surface area contributed by atoms with Crippen molar-refractivity contribution in [2.75, 3.05) is 5.32 Å². The van der Waals surface area contributed by atoms with Crippen LogP contribution in [-0.2, 0) is 10.9 Å². The number of carbonyl (C=O) groups excluding carboxylic acids is 1. The van der Waals surface area contributed by atoms with Gasteiger partial charge in [0.05, 0.1) is 23.7 Å². The van der Waals surface area contributed by atoms with E-state index in [2.05, 4.69) is 15.3 Å². The van der Waals surface area contributed by atoms with Gasteiger partial charge in [-0.15, -0.1) is 0 Å². The Balaban J connectivity index is 2.08. The lowest BCUT2D eigenvalue weighted by molar-refractivity contribution is -0.137. The van der Waals surface area contributed by atoms with Crippen molar-refractivity contribution in [3.8, 4) is 11.3 Å². The monoisotopic (exact) mass is 339 g/mol. The second kappa shape index (κ2) is 6.46. The molecule has 0 aliphatic heterocycles. The van der Waals surface area contributed by atoms with Gasteiger partial charge >= 0.3 is 12.3 Å². The number of halogens is 3. The average molecular weight is 339 g/mol. The third-order valence-electron chi connectivity index (χ3n) is 2.79. The van der Waals surface area contributed by atoms with Gasteiger partial charge in [0.2, 0.25) is 0 Å². The van der Waals surface area contributed by atoms with Crippen molar-refractivity contribution in [3.63, 3.8) is 0 Å². The molecule has 1 heterocycles. The summed E-state index contributed by atoms with van der Waals surface area (Å²) in [6.07, 6.45) is -2.39. The minimum atomic E-state index is -4.38. The number of hydrogen-bond donors (Lipinski definition) is 1. The zero-order valence-electron chi connectivity index (χ0n) is 13.3. The predicted octanol–water partition coefficient (Wildman–Crippen LogP) is 4.51. The van der Waals surface area contributed by atoms with Gasteiger partial charge < -0.3 is 4.74 Å². The molecule has 0 aliphatic carbocycles. The minimum Gasteiger partial charge on any atom is -0.444 e. The van der Waals surface area contributed by atoms with E-state index in [0.29, 0.717) is 11.3 Å². The Morgan fingerprint density at radius 1 is 1.04 bits per heavy atom. The highest BCUT2D eigenvalue weighted by Crippen LogP contribution is 2.30. The molecular formula is C16H16F3N3O2. The molecule has 0 radical (unpaired) electrons. The molecule has 0 unspecified atom stereocenters. The van der Waals surface area contributed by atoms with E-state index in [0.717, 1.165) is 12.1 Å². The number of nitrogens with one attached hydrogen (secondary N) is 1. The lowest BCUT2D eigenvalue weighted by Crippen LogP contribution is -2.27. The van der Waals surface area contributed by atoms with Gasteiger partial charge in [-0.2, -0.15) is 13.2 Å². The molecule has 0 spiro atoms. The highest BCUT2D eigenvalue weighted by atomic mass is 19.4. The van der Waals surface area contributed by atoms with Crippen molar-refractivity contribution >= 4 is 11.9 Å². The molecule has 0 atom stereocenters. The molecule has 0 saturated carbocycles. The van der Waals surface area contributed by atoms with Crippen LogP contribution in [0.5, 0.6) is 0 Å². The Bertz CT molecular complexity index is 705. The first-order valence-electron chi connectivity index (χ1n) is 7.04. The van der Waals surface area contributed by atoms with Gasteiger partial charge in [-0.05, 0) is 32.9 Å². The molecule has 8 heteroatoms. The second-order valence-corrected chi connectivity index (χ2v) is 5.99. The van der Waals surface area contributed by atoms with Crippen LogP contribution < -0.4 is 5.32 Å². The fourth-order valence-corrected chi connectivity index (χ4v) is 1.78. The van der Waals surface area contributed by atoms with Gasteiger partial charge in [0.1, 0.15) is 5.60 Å². The summed E-state index contributed by atoms with van der Waals surface area (Å²) in [6, 6.07) is 4.58. The van der Waals surface area contributed by atoms with E-state index in [1.54, 1.807) is 20.8 Å². The molecule has 0 fully saturated rings. The first-order chi connectivity index (χ1) is 11.0. The van der Waals surface area contributed by atoms with E-state index in [9.17, 15) is 18.0 Å². The third-order valence-corrected chi connectivity index (χ3v) is 2.79. The van der Waals surface area contributed by atoms with E-state index < -0.39 is 23.4 Å². The van der Waals surface area contributed by atoms with E-state index in [1.807, 2.05) is 0 Å². The average Bonchev–Trinajstić information content (AvgIpc) is 2.45. The predicted molar refractivity (Wildman–Crippen MR) is 82.3 cm³/mol. The molecule has 0 aliphatic rings.